The lowest BCUT2D eigenvalue weighted by Gasteiger charge is -2.29. The predicted molar refractivity (Wildman–Crippen MR) is 147 cm³/mol. The van der Waals surface area contributed by atoms with Gasteiger partial charge in [-0.05, 0) is 73.3 Å². The van der Waals surface area contributed by atoms with E-state index in [0.717, 1.165) is 43.2 Å². The van der Waals surface area contributed by atoms with E-state index in [0.29, 0.717) is 35.6 Å². The van der Waals surface area contributed by atoms with Crippen molar-refractivity contribution in [2.24, 2.45) is 11.7 Å². The number of fused-ring (bicyclic) bond motifs is 1. The summed E-state index contributed by atoms with van der Waals surface area (Å²) in [6.07, 6.45) is 5.97. The minimum absolute atomic E-state index is 0.0974. The summed E-state index contributed by atoms with van der Waals surface area (Å²) >= 11 is 0. The van der Waals surface area contributed by atoms with Gasteiger partial charge >= 0.3 is 0 Å². The van der Waals surface area contributed by atoms with Gasteiger partial charge in [0, 0.05) is 31.0 Å². The Labute approximate surface area is 228 Å². The first-order valence-electron chi connectivity index (χ1n) is 13.4. The maximum atomic E-state index is 13.4. The van der Waals surface area contributed by atoms with E-state index in [1.807, 2.05) is 13.0 Å². The molecule has 39 heavy (non-hydrogen) atoms. The van der Waals surface area contributed by atoms with Gasteiger partial charge in [-0.3, -0.25) is 9.10 Å². The van der Waals surface area contributed by atoms with E-state index in [2.05, 4.69) is 0 Å². The van der Waals surface area contributed by atoms with Crippen LogP contribution in [0.25, 0.3) is 11.0 Å². The van der Waals surface area contributed by atoms with E-state index >= 15 is 0 Å². The van der Waals surface area contributed by atoms with Crippen LogP contribution >= 0.6 is 0 Å². The highest BCUT2D eigenvalue weighted by molar-refractivity contribution is 7.92. The van der Waals surface area contributed by atoms with Crippen LogP contribution < -0.4 is 10.0 Å². The van der Waals surface area contributed by atoms with E-state index in [9.17, 15) is 17.6 Å². The Morgan fingerprint density at radius 3 is 2.54 bits per heavy atom. The number of amides is 1. The number of hydrogen-bond acceptors (Lipinski definition) is 6. The summed E-state index contributed by atoms with van der Waals surface area (Å²) in [6.45, 7) is 3.22. The van der Waals surface area contributed by atoms with Crippen molar-refractivity contribution in [1.82, 2.24) is 0 Å². The van der Waals surface area contributed by atoms with Gasteiger partial charge < -0.3 is 19.6 Å². The van der Waals surface area contributed by atoms with Gasteiger partial charge in [-0.2, -0.15) is 0 Å². The fourth-order valence-electron chi connectivity index (χ4n) is 5.18. The molecule has 2 fully saturated rings. The van der Waals surface area contributed by atoms with E-state index in [1.165, 1.54) is 22.7 Å². The normalized spacial score (nSPS) is 18.8. The number of benzene rings is 2. The van der Waals surface area contributed by atoms with Crippen LogP contribution in [0.4, 0.5) is 10.1 Å². The van der Waals surface area contributed by atoms with E-state index in [1.54, 1.807) is 18.2 Å². The largest absolute Gasteiger partial charge is 0.460 e. The summed E-state index contributed by atoms with van der Waals surface area (Å²) in [6, 6.07) is 9.52. The molecule has 1 saturated carbocycles. The minimum Gasteiger partial charge on any atom is -0.460 e. The number of rotatable bonds is 11. The number of carbonyl (C=O) groups excluding carboxylic acids is 1. The number of sulfonamides is 1. The predicted octanol–water partition coefficient (Wildman–Crippen LogP) is 5.08. The number of halogens is 1. The molecule has 1 aliphatic heterocycles. The zero-order valence-electron chi connectivity index (χ0n) is 22.3. The van der Waals surface area contributed by atoms with Crippen LogP contribution in [0.5, 0.6) is 0 Å². The molecule has 0 bridgehead atoms. The molecule has 1 amide bonds. The maximum absolute atomic E-state index is 13.4. The van der Waals surface area contributed by atoms with Crippen molar-refractivity contribution in [2.75, 3.05) is 30.3 Å². The summed E-state index contributed by atoms with van der Waals surface area (Å²) in [7, 11) is -3.65. The number of furan rings is 1. The molecule has 2 aromatic carbocycles. The van der Waals surface area contributed by atoms with Gasteiger partial charge in [0.2, 0.25) is 10.0 Å². The summed E-state index contributed by atoms with van der Waals surface area (Å²) in [5.74, 6) is -0.532. The second-order valence-corrected chi connectivity index (χ2v) is 12.7. The van der Waals surface area contributed by atoms with Gasteiger partial charge in [0.15, 0.2) is 6.29 Å². The summed E-state index contributed by atoms with van der Waals surface area (Å²) < 4.78 is 58.7. The lowest BCUT2D eigenvalue weighted by molar-refractivity contribution is -0.167. The van der Waals surface area contributed by atoms with Gasteiger partial charge in [0.1, 0.15) is 17.2 Å². The highest BCUT2D eigenvalue weighted by Gasteiger charge is 2.33. The molecule has 210 valence electrons. The smallest absolute Gasteiger partial charge is 0.252 e. The third-order valence-electron chi connectivity index (χ3n) is 7.30. The van der Waals surface area contributed by atoms with Crippen molar-refractivity contribution >= 4 is 32.6 Å². The fraction of sp³-hybridized carbons (Fsp3) is 0.483. The van der Waals surface area contributed by atoms with Gasteiger partial charge in [-0.15, -0.1) is 0 Å². The molecule has 1 aliphatic carbocycles. The van der Waals surface area contributed by atoms with Crippen molar-refractivity contribution < 1.29 is 31.5 Å². The van der Waals surface area contributed by atoms with E-state index in [4.69, 9.17) is 19.6 Å². The number of hydrogen-bond donors (Lipinski definition) is 1. The van der Waals surface area contributed by atoms with Crippen molar-refractivity contribution in [3.8, 4) is 0 Å². The molecule has 1 aromatic heterocycles. The maximum Gasteiger partial charge on any atom is 0.252 e. The second kappa shape index (κ2) is 11.3. The van der Waals surface area contributed by atoms with Crippen LogP contribution in [0.1, 0.15) is 72.2 Å². The Morgan fingerprint density at radius 1 is 1.18 bits per heavy atom. The molecule has 8 nitrogen and oxygen atoms in total. The molecule has 3 aromatic rings. The summed E-state index contributed by atoms with van der Waals surface area (Å²) in [5.41, 5.74) is 8.59. The number of primary amides is 1. The van der Waals surface area contributed by atoms with E-state index in [-0.39, 0.29) is 42.5 Å². The molecule has 0 radical (unpaired) electrons. The van der Waals surface area contributed by atoms with Crippen molar-refractivity contribution in [2.45, 2.75) is 57.7 Å². The minimum atomic E-state index is -3.65. The highest BCUT2D eigenvalue weighted by atomic mass is 32.2. The van der Waals surface area contributed by atoms with Crippen molar-refractivity contribution in [3.05, 3.63) is 64.7 Å². The van der Waals surface area contributed by atoms with Gasteiger partial charge in [0.05, 0.1) is 24.1 Å². The van der Waals surface area contributed by atoms with Crippen LogP contribution in [-0.4, -0.2) is 46.6 Å². The highest BCUT2D eigenvalue weighted by Crippen LogP contribution is 2.47. The molecule has 2 heterocycles. The van der Waals surface area contributed by atoms with Gasteiger partial charge in [-0.25, -0.2) is 12.8 Å². The van der Waals surface area contributed by atoms with Crippen LogP contribution in [0.3, 0.4) is 0 Å². The number of nitrogens with two attached hydrogens (primary N) is 1. The quantitative estimate of drug-likeness (QED) is 0.351. The third-order valence-corrected chi connectivity index (χ3v) is 8.45. The lowest BCUT2D eigenvalue weighted by Crippen LogP contribution is -2.36. The zero-order chi connectivity index (χ0) is 27.7. The number of ether oxygens (including phenoxy) is 2. The number of carbonyl (C=O) groups is 1. The Morgan fingerprint density at radius 2 is 1.92 bits per heavy atom. The van der Waals surface area contributed by atoms with E-state index < -0.39 is 15.9 Å². The van der Waals surface area contributed by atoms with Crippen molar-refractivity contribution in [1.29, 1.82) is 0 Å². The molecule has 2 aliphatic rings. The monoisotopic (exact) mass is 558 g/mol. The first-order chi connectivity index (χ1) is 18.6. The molecular weight excluding hydrogens is 523 g/mol. The fourth-order valence-corrected chi connectivity index (χ4v) is 6.22. The summed E-state index contributed by atoms with van der Waals surface area (Å²) in [4.78, 5) is 12.5. The SMILES string of the molecule is C[C@H](COC1CCCCO1)CN(c1cc2oc(Cc3ccc(F)cc3)c(C(N)=O)c2cc1C1CC1)S(C)(=O)=O. The summed E-state index contributed by atoms with van der Waals surface area (Å²) in [5, 5.41) is 0.560. The molecule has 2 atom stereocenters. The first kappa shape index (κ1) is 27.6. The topological polar surface area (TPSA) is 112 Å². The number of anilines is 1. The van der Waals surface area contributed by atoms with Crippen LogP contribution in [0.2, 0.25) is 0 Å². The number of nitrogens with zero attached hydrogens (tertiary/aromatic N) is 1. The Bertz CT molecular complexity index is 1440. The Balaban J connectivity index is 1.49. The average molecular weight is 559 g/mol. The second-order valence-electron chi connectivity index (χ2n) is 10.8. The third kappa shape index (κ3) is 6.45. The Hall–Kier alpha value is -2.95. The molecular formula is C29H35FN2O6S. The van der Waals surface area contributed by atoms with Gasteiger partial charge in [-0.1, -0.05) is 19.1 Å². The van der Waals surface area contributed by atoms with Crippen LogP contribution in [-0.2, 0) is 25.9 Å². The molecule has 1 unspecified atom stereocenters. The molecule has 0 spiro atoms. The molecule has 1 saturated heterocycles. The first-order valence-corrected chi connectivity index (χ1v) is 15.3. The van der Waals surface area contributed by atoms with Crippen LogP contribution in [0.15, 0.2) is 40.8 Å². The van der Waals surface area contributed by atoms with Gasteiger partial charge in [0.25, 0.3) is 5.91 Å². The Kier molecular flexibility index (Phi) is 7.98. The molecule has 2 N–H and O–H groups in total. The lowest BCUT2D eigenvalue weighted by atomic mass is 10.0. The van der Waals surface area contributed by atoms with Crippen LogP contribution in [0, 0.1) is 11.7 Å². The standard InChI is InChI=1S/C29H35FN2O6S/c1-18(17-37-27-5-3-4-12-36-27)16-32(39(2,34)35)24-15-25-23(14-22(24)20-8-9-20)28(29(31)33)26(38-25)13-19-6-10-21(30)11-7-19/h6-7,10-11,14-15,18,20,27H,3-5,8-9,12-13,16-17H2,1-2H3,(H2,31,33)/t18-,27?/m0/s1. The molecule has 5 rings (SSSR count). The molecule has 10 heteroatoms. The zero-order valence-corrected chi connectivity index (χ0v) is 23.1. The average Bonchev–Trinajstić information content (AvgIpc) is 3.67. The van der Waals surface area contributed by atoms with Crippen molar-refractivity contribution in [3.63, 3.8) is 0 Å².